The van der Waals surface area contributed by atoms with Gasteiger partial charge in [0, 0.05) is 39.3 Å². The highest BCUT2D eigenvalue weighted by Gasteiger charge is 2.49. The first kappa shape index (κ1) is 31.7. The molecule has 0 unspecified atom stereocenters. The van der Waals surface area contributed by atoms with Crippen LogP contribution in [-0.4, -0.2) is 0 Å². The number of furan rings is 1. The minimum absolute atomic E-state index is 0.145. The number of fused-ring (bicyclic) bond motifs is 7. The van der Waals surface area contributed by atoms with Crippen LogP contribution in [0.5, 0.6) is 0 Å². The minimum Gasteiger partial charge on any atom is -0.456 e. The quantitative estimate of drug-likeness (QED) is 0.166. The predicted octanol–water partition coefficient (Wildman–Crippen LogP) is 13.8. The molecule has 10 rings (SSSR count). The van der Waals surface area contributed by atoms with E-state index in [2.05, 4.69) is 187 Å². The third-order valence-electron chi connectivity index (χ3n) is 11.8. The molecular weight excluding hydrogens is 645 g/mol. The number of para-hydroxylation sites is 4. The molecule has 0 radical (unpaired) electrons. The average molecular weight is 687 g/mol. The zero-order valence-electron chi connectivity index (χ0n) is 30.3. The first-order chi connectivity index (χ1) is 26.1. The molecule has 2 aliphatic carbocycles. The molecule has 0 bridgehead atoms. The standard InChI is InChI=1S/C50H42N2O/c1-34(2)41-32-42-40-24-12-13-27-46(40)53-47(42)33-45(41)52(39-22-10-5-11-23-39)44-26-15-17-36-29-31-50(49(36)44)30-28-35-16-14-25-43(48(35)50)51(37-18-6-3-7-19-37)38-20-8-4-9-21-38/h3-27,32-34H,28-31H2,1-2H3/t50-/m1/s1. The Balaban J connectivity index is 1.23. The number of hydrogen-bond acceptors (Lipinski definition) is 3. The molecule has 1 spiro atoms. The van der Waals surface area contributed by atoms with Crippen LogP contribution >= 0.6 is 0 Å². The molecule has 0 saturated carbocycles. The highest BCUT2D eigenvalue weighted by Crippen LogP contribution is 2.60. The molecule has 1 aromatic heterocycles. The van der Waals surface area contributed by atoms with Crippen molar-refractivity contribution in [2.75, 3.05) is 9.80 Å². The van der Waals surface area contributed by atoms with Crippen molar-refractivity contribution in [3.05, 3.63) is 192 Å². The summed E-state index contributed by atoms with van der Waals surface area (Å²) in [6.45, 7) is 4.63. The van der Waals surface area contributed by atoms with Crippen molar-refractivity contribution in [3.8, 4) is 0 Å². The lowest BCUT2D eigenvalue weighted by molar-refractivity contribution is 0.508. The van der Waals surface area contributed by atoms with Gasteiger partial charge in [0.05, 0.1) is 17.1 Å². The number of rotatable bonds is 7. The zero-order chi connectivity index (χ0) is 35.5. The molecule has 53 heavy (non-hydrogen) atoms. The predicted molar refractivity (Wildman–Crippen MR) is 221 cm³/mol. The van der Waals surface area contributed by atoms with E-state index in [9.17, 15) is 0 Å². The van der Waals surface area contributed by atoms with Gasteiger partial charge in [0.25, 0.3) is 0 Å². The van der Waals surface area contributed by atoms with E-state index in [1.807, 2.05) is 0 Å². The van der Waals surface area contributed by atoms with E-state index in [0.29, 0.717) is 5.92 Å². The maximum atomic E-state index is 6.58. The van der Waals surface area contributed by atoms with Crippen molar-refractivity contribution in [2.45, 2.75) is 50.9 Å². The smallest absolute Gasteiger partial charge is 0.137 e. The monoisotopic (exact) mass is 686 g/mol. The van der Waals surface area contributed by atoms with E-state index in [1.54, 1.807) is 0 Å². The van der Waals surface area contributed by atoms with Crippen molar-refractivity contribution in [1.29, 1.82) is 0 Å². The number of nitrogens with zero attached hydrogens (tertiary/aromatic N) is 2. The van der Waals surface area contributed by atoms with Crippen LogP contribution in [0.1, 0.15) is 60.4 Å². The molecule has 0 N–H and O–H groups in total. The molecule has 8 aromatic rings. The van der Waals surface area contributed by atoms with Gasteiger partial charge >= 0.3 is 0 Å². The molecule has 0 saturated heterocycles. The molecule has 1 heterocycles. The molecule has 0 fully saturated rings. The molecule has 3 heteroatoms. The van der Waals surface area contributed by atoms with Gasteiger partial charge in [-0.1, -0.05) is 111 Å². The van der Waals surface area contributed by atoms with E-state index in [-0.39, 0.29) is 5.41 Å². The summed E-state index contributed by atoms with van der Waals surface area (Å²) in [5.41, 5.74) is 16.1. The summed E-state index contributed by atoms with van der Waals surface area (Å²) in [4.78, 5) is 5.02. The summed E-state index contributed by atoms with van der Waals surface area (Å²) in [5.74, 6) is 0.295. The van der Waals surface area contributed by atoms with Crippen LogP contribution in [-0.2, 0) is 18.3 Å². The fourth-order valence-corrected chi connectivity index (χ4v) is 9.51. The van der Waals surface area contributed by atoms with Crippen LogP contribution in [0, 0.1) is 0 Å². The van der Waals surface area contributed by atoms with Gasteiger partial charge in [-0.3, -0.25) is 0 Å². The summed E-state index contributed by atoms with van der Waals surface area (Å²) in [5, 5.41) is 2.34. The van der Waals surface area contributed by atoms with Gasteiger partial charge < -0.3 is 14.2 Å². The van der Waals surface area contributed by atoms with Crippen LogP contribution in [0.25, 0.3) is 21.9 Å². The van der Waals surface area contributed by atoms with E-state index in [4.69, 9.17) is 4.42 Å². The Hall–Kier alpha value is -6.06. The van der Waals surface area contributed by atoms with Crippen molar-refractivity contribution >= 4 is 56.1 Å². The molecular formula is C50H42N2O. The second-order valence-corrected chi connectivity index (χ2v) is 15.0. The van der Waals surface area contributed by atoms with Gasteiger partial charge in [-0.05, 0) is 120 Å². The Morgan fingerprint density at radius 2 is 0.981 bits per heavy atom. The van der Waals surface area contributed by atoms with Gasteiger partial charge in [0.15, 0.2) is 0 Å². The maximum Gasteiger partial charge on any atom is 0.137 e. The Labute approximate surface area is 311 Å². The zero-order valence-corrected chi connectivity index (χ0v) is 30.3. The van der Waals surface area contributed by atoms with Crippen molar-refractivity contribution in [2.24, 2.45) is 0 Å². The fraction of sp³-hybridized carbons (Fsp3) is 0.160. The van der Waals surface area contributed by atoms with Crippen LogP contribution in [0.3, 0.4) is 0 Å². The lowest BCUT2D eigenvalue weighted by Gasteiger charge is -2.37. The second kappa shape index (κ2) is 12.6. The molecule has 1 atom stereocenters. The SMILES string of the molecule is CC(C)c1cc2c(cc1N(c1ccccc1)c1cccc3c1[C@]1(CCc4cccc(N(c5ccccc5)c5ccccc5)c41)CC3)oc1ccccc12. The van der Waals surface area contributed by atoms with Gasteiger partial charge in [0.1, 0.15) is 11.2 Å². The summed E-state index contributed by atoms with van der Waals surface area (Å²) in [6.07, 6.45) is 4.28. The first-order valence-electron chi connectivity index (χ1n) is 19.1. The molecule has 0 aliphatic heterocycles. The van der Waals surface area contributed by atoms with E-state index in [1.165, 1.54) is 67.0 Å². The average Bonchev–Trinajstić information content (AvgIpc) is 3.90. The summed E-state index contributed by atoms with van der Waals surface area (Å²) < 4.78 is 6.58. The normalized spacial score (nSPS) is 16.1. The first-order valence-corrected chi connectivity index (χ1v) is 19.1. The van der Waals surface area contributed by atoms with Crippen LogP contribution in [0.2, 0.25) is 0 Å². The van der Waals surface area contributed by atoms with Gasteiger partial charge in [-0.25, -0.2) is 0 Å². The van der Waals surface area contributed by atoms with Crippen molar-refractivity contribution < 1.29 is 4.42 Å². The van der Waals surface area contributed by atoms with Crippen molar-refractivity contribution in [1.82, 2.24) is 0 Å². The van der Waals surface area contributed by atoms with Crippen LogP contribution < -0.4 is 9.80 Å². The van der Waals surface area contributed by atoms with Gasteiger partial charge in [-0.2, -0.15) is 0 Å². The third kappa shape index (κ3) is 5.02. The topological polar surface area (TPSA) is 19.6 Å². The number of aryl methyl sites for hydroxylation is 2. The molecule has 258 valence electrons. The Kier molecular flexibility index (Phi) is 7.50. The fourth-order valence-electron chi connectivity index (χ4n) is 9.51. The molecule has 2 aliphatic rings. The van der Waals surface area contributed by atoms with Crippen LogP contribution in [0.15, 0.2) is 168 Å². The lowest BCUT2D eigenvalue weighted by Crippen LogP contribution is -2.27. The molecule has 0 amide bonds. The van der Waals surface area contributed by atoms with E-state index < -0.39 is 0 Å². The van der Waals surface area contributed by atoms with Gasteiger partial charge in [0.2, 0.25) is 0 Å². The van der Waals surface area contributed by atoms with Crippen LogP contribution in [0.4, 0.5) is 34.1 Å². The third-order valence-corrected chi connectivity index (χ3v) is 11.8. The molecule has 3 nitrogen and oxygen atoms in total. The summed E-state index contributed by atoms with van der Waals surface area (Å²) in [7, 11) is 0. The molecule has 7 aromatic carbocycles. The highest BCUT2D eigenvalue weighted by molar-refractivity contribution is 6.07. The summed E-state index contributed by atoms with van der Waals surface area (Å²) >= 11 is 0. The van der Waals surface area contributed by atoms with Crippen molar-refractivity contribution in [3.63, 3.8) is 0 Å². The summed E-state index contributed by atoms with van der Waals surface area (Å²) in [6, 6.07) is 59.9. The Morgan fingerprint density at radius 1 is 0.472 bits per heavy atom. The van der Waals surface area contributed by atoms with E-state index in [0.717, 1.165) is 42.5 Å². The number of hydrogen-bond donors (Lipinski definition) is 0. The van der Waals surface area contributed by atoms with E-state index >= 15 is 0 Å². The largest absolute Gasteiger partial charge is 0.456 e. The minimum atomic E-state index is -0.145. The number of benzene rings is 7. The Bertz CT molecular complexity index is 2560. The van der Waals surface area contributed by atoms with Gasteiger partial charge in [-0.15, -0.1) is 0 Å². The lowest BCUT2D eigenvalue weighted by atomic mass is 9.74. The number of anilines is 6. The second-order valence-electron chi connectivity index (χ2n) is 15.0. The maximum absolute atomic E-state index is 6.58. The Morgan fingerprint density at radius 3 is 1.55 bits per heavy atom. The highest BCUT2D eigenvalue weighted by atomic mass is 16.3.